The SMILES string of the molecule is [O-][n+]1cc2ccc3cccc4ccc(c2c34)[n+]1[O-]. The number of benzene rings is 3. The highest BCUT2D eigenvalue weighted by atomic mass is 16.6. The van der Waals surface area contributed by atoms with Crippen molar-refractivity contribution in [1.29, 1.82) is 0 Å². The third kappa shape index (κ3) is 0.996. The average molecular weight is 236 g/mol. The summed E-state index contributed by atoms with van der Waals surface area (Å²) in [5.74, 6) is 0. The summed E-state index contributed by atoms with van der Waals surface area (Å²) in [7, 11) is 0. The van der Waals surface area contributed by atoms with Gasteiger partial charge in [0.15, 0.2) is 0 Å². The molecule has 0 radical (unpaired) electrons. The Balaban J connectivity index is 2.46. The van der Waals surface area contributed by atoms with Gasteiger partial charge in [-0.05, 0) is 22.9 Å². The summed E-state index contributed by atoms with van der Waals surface area (Å²) in [5.41, 5.74) is 0.409. The lowest BCUT2D eigenvalue weighted by Crippen LogP contribution is -2.60. The molecule has 0 aliphatic rings. The van der Waals surface area contributed by atoms with Crippen molar-refractivity contribution in [2.45, 2.75) is 0 Å². The van der Waals surface area contributed by atoms with E-state index in [0.717, 1.165) is 26.9 Å². The molecule has 4 nitrogen and oxygen atoms in total. The molecule has 0 amide bonds. The van der Waals surface area contributed by atoms with Crippen LogP contribution in [0, 0.1) is 10.4 Å². The molecule has 4 aromatic rings. The topological polar surface area (TPSA) is 53.9 Å². The summed E-state index contributed by atoms with van der Waals surface area (Å²) in [4.78, 5) is 0.704. The van der Waals surface area contributed by atoms with Crippen molar-refractivity contribution in [3.8, 4) is 0 Å². The summed E-state index contributed by atoms with van der Waals surface area (Å²) >= 11 is 0. The number of rotatable bonds is 0. The molecule has 0 saturated carbocycles. The van der Waals surface area contributed by atoms with E-state index in [1.807, 2.05) is 36.4 Å². The van der Waals surface area contributed by atoms with Crippen molar-refractivity contribution < 1.29 is 9.69 Å². The molecule has 0 spiro atoms. The van der Waals surface area contributed by atoms with Gasteiger partial charge in [-0.1, -0.05) is 24.3 Å². The largest absolute Gasteiger partial charge is 0.561 e. The van der Waals surface area contributed by atoms with Gasteiger partial charge in [0, 0.05) is 11.5 Å². The molecule has 0 atom stereocenters. The first-order valence-corrected chi connectivity index (χ1v) is 5.65. The van der Waals surface area contributed by atoms with Gasteiger partial charge in [0.05, 0.1) is 20.5 Å². The van der Waals surface area contributed by atoms with E-state index in [9.17, 15) is 10.4 Å². The molecule has 3 aromatic carbocycles. The lowest BCUT2D eigenvalue weighted by Gasteiger charge is -2.08. The highest BCUT2D eigenvalue weighted by Crippen LogP contribution is 2.31. The zero-order chi connectivity index (χ0) is 12.3. The highest BCUT2D eigenvalue weighted by molar-refractivity contribution is 6.21. The van der Waals surface area contributed by atoms with Crippen molar-refractivity contribution in [2.24, 2.45) is 0 Å². The van der Waals surface area contributed by atoms with Crippen molar-refractivity contribution in [3.05, 3.63) is 59.1 Å². The van der Waals surface area contributed by atoms with Gasteiger partial charge in [-0.25, -0.2) is 0 Å². The van der Waals surface area contributed by atoms with Crippen molar-refractivity contribution in [3.63, 3.8) is 0 Å². The maximum absolute atomic E-state index is 11.8. The quantitative estimate of drug-likeness (QED) is 0.266. The van der Waals surface area contributed by atoms with Crippen LogP contribution in [0.4, 0.5) is 0 Å². The predicted octanol–water partition coefficient (Wildman–Crippen LogP) is 1.85. The van der Waals surface area contributed by atoms with Gasteiger partial charge in [-0.2, -0.15) is 0 Å². The Hall–Kier alpha value is -2.62. The van der Waals surface area contributed by atoms with Gasteiger partial charge >= 0.3 is 0 Å². The fourth-order valence-corrected chi connectivity index (χ4v) is 2.64. The Kier molecular flexibility index (Phi) is 1.56. The molecule has 4 heteroatoms. The molecule has 0 aliphatic carbocycles. The first-order valence-electron chi connectivity index (χ1n) is 5.65. The van der Waals surface area contributed by atoms with Crippen molar-refractivity contribution in [1.82, 2.24) is 0 Å². The second-order valence-corrected chi connectivity index (χ2v) is 4.40. The molecule has 0 aliphatic heterocycles. The third-order valence-corrected chi connectivity index (χ3v) is 3.42. The molecule has 1 aromatic heterocycles. The lowest BCUT2D eigenvalue weighted by atomic mass is 9.98. The maximum Gasteiger partial charge on any atom is 0.296 e. The Labute approximate surface area is 102 Å². The predicted molar refractivity (Wildman–Crippen MR) is 68.1 cm³/mol. The van der Waals surface area contributed by atoms with E-state index in [0.29, 0.717) is 15.2 Å². The fourth-order valence-electron chi connectivity index (χ4n) is 2.64. The van der Waals surface area contributed by atoms with E-state index < -0.39 is 0 Å². The second kappa shape index (κ2) is 2.98. The Morgan fingerprint density at radius 2 is 1.39 bits per heavy atom. The van der Waals surface area contributed by atoms with Gasteiger partial charge in [0.1, 0.15) is 0 Å². The van der Waals surface area contributed by atoms with Crippen LogP contribution in [-0.4, -0.2) is 0 Å². The normalized spacial score (nSPS) is 11.8. The molecule has 0 fully saturated rings. The molecule has 4 rings (SSSR count). The Bertz CT molecular complexity index is 886. The first-order chi connectivity index (χ1) is 8.75. The molecular formula is C14H8N2O2. The average Bonchev–Trinajstić information content (AvgIpc) is 2.40. The fraction of sp³-hybridized carbons (Fsp3) is 0. The van der Waals surface area contributed by atoms with Crippen LogP contribution in [0.25, 0.3) is 32.4 Å². The van der Waals surface area contributed by atoms with Crippen LogP contribution in [0.2, 0.25) is 0 Å². The van der Waals surface area contributed by atoms with Gasteiger partial charge in [0.25, 0.3) is 11.7 Å². The number of hydrogen-bond acceptors (Lipinski definition) is 2. The van der Waals surface area contributed by atoms with Crippen LogP contribution in [-0.2, 0) is 0 Å². The minimum absolute atomic E-state index is 0.321. The lowest BCUT2D eigenvalue weighted by molar-refractivity contribution is -1.18. The second-order valence-electron chi connectivity index (χ2n) is 4.40. The van der Waals surface area contributed by atoms with Gasteiger partial charge < -0.3 is 10.4 Å². The number of nitrogens with zero attached hydrogens (tertiary/aromatic N) is 2. The summed E-state index contributed by atoms with van der Waals surface area (Å²) in [6.45, 7) is 0. The monoisotopic (exact) mass is 236 g/mol. The Morgan fingerprint density at radius 3 is 2.17 bits per heavy atom. The molecule has 18 heavy (non-hydrogen) atoms. The van der Waals surface area contributed by atoms with E-state index in [4.69, 9.17) is 0 Å². The molecule has 86 valence electrons. The van der Waals surface area contributed by atoms with Gasteiger partial charge in [0.2, 0.25) is 0 Å². The standard InChI is InChI=1S/C14H8N2O2/c17-15-8-11-5-4-9-2-1-3-10-6-7-12(16(15)18)14(11)13(9)10/h1-8H. The van der Waals surface area contributed by atoms with Crippen LogP contribution in [0.5, 0.6) is 0 Å². The molecule has 0 unspecified atom stereocenters. The van der Waals surface area contributed by atoms with E-state index in [1.165, 1.54) is 6.20 Å². The summed E-state index contributed by atoms with van der Waals surface area (Å²) in [6.07, 6.45) is 1.32. The molecule has 1 heterocycles. The van der Waals surface area contributed by atoms with E-state index in [-0.39, 0.29) is 0 Å². The Morgan fingerprint density at radius 1 is 0.722 bits per heavy atom. The van der Waals surface area contributed by atoms with Crippen molar-refractivity contribution in [2.75, 3.05) is 0 Å². The van der Waals surface area contributed by atoms with Crippen LogP contribution >= 0.6 is 0 Å². The van der Waals surface area contributed by atoms with Crippen LogP contribution in [0.1, 0.15) is 0 Å². The van der Waals surface area contributed by atoms with Crippen LogP contribution in [0.15, 0.2) is 48.7 Å². The van der Waals surface area contributed by atoms with Crippen LogP contribution in [0.3, 0.4) is 0 Å². The van der Waals surface area contributed by atoms with Gasteiger partial charge in [-0.3, -0.25) is 0 Å². The number of aromatic nitrogens is 2. The van der Waals surface area contributed by atoms with Crippen molar-refractivity contribution >= 4 is 32.4 Å². The maximum atomic E-state index is 11.8. The van der Waals surface area contributed by atoms with E-state index in [2.05, 4.69) is 0 Å². The number of hydrogen-bond donors (Lipinski definition) is 0. The van der Waals surface area contributed by atoms with E-state index >= 15 is 0 Å². The van der Waals surface area contributed by atoms with Gasteiger partial charge in [-0.15, -0.1) is 0 Å². The molecular weight excluding hydrogens is 228 g/mol. The zero-order valence-corrected chi connectivity index (χ0v) is 9.33. The highest BCUT2D eigenvalue weighted by Gasteiger charge is 2.18. The molecule has 0 N–H and O–H groups in total. The summed E-state index contributed by atoms with van der Waals surface area (Å²) in [6, 6.07) is 13.4. The minimum atomic E-state index is 0.321. The zero-order valence-electron chi connectivity index (χ0n) is 9.33. The smallest absolute Gasteiger partial charge is 0.296 e. The van der Waals surface area contributed by atoms with E-state index in [1.54, 1.807) is 6.07 Å². The molecule has 0 bridgehead atoms. The third-order valence-electron chi connectivity index (χ3n) is 3.42. The minimum Gasteiger partial charge on any atom is -0.561 e. The van der Waals surface area contributed by atoms with Crippen LogP contribution < -0.4 is 9.69 Å². The molecule has 0 saturated heterocycles. The summed E-state index contributed by atoms with van der Waals surface area (Å²) in [5, 5.41) is 28.1. The summed E-state index contributed by atoms with van der Waals surface area (Å²) < 4.78 is 0. The first kappa shape index (κ1) is 9.41.